The molecule has 2 aromatic carbocycles. The lowest BCUT2D eigenvalue weighted by molar-refractivity contribution is 0.205. The largest absolute Gasteiger partial charge is 0.497 e. The highest BCUT2D eigenvalue weighted by Crippen LogP contribution is 2.27. The normalized spacial score (nSPS) is 12.5. The van der Waals surface area contributed by atoms with Crippen LogP contribution in [0.3, 0.4) is 0 Å². The van der Waals surface area contributed by atoms with Gasteiger partial charge < -0.3 is 14.4 Å². The Kier molecular flexibility index (Phi) is 4.11. The smallest absolute Gasteiger partial charge is 0.143 e. The van der Waals surface area contributed by atoms with Gasteiger partial charge in [-0.2, -0.15) is 0 Å². The van der Waals surface area contributed by atoms with Crippen LogP contribution in [0.2, 0.25) is 0 Å². The standard InChI is InChI=1S/C18H20N2O2/c1-3-12-20-16-7-5-4-6-15(16)19-18(20)17(21)13-8-10-14(22-2)11-9-13/h4-11,17,21H,3,12H2,1-2H3/t17-/m0/s1. The number of hydrogen-bond acceptors (Lipinski definition) is 3. The Morgan fingerprint density at radius 2 is 1.86 bits per heavy atom. The molecule has 114 valence electrons. The van der Waals surface area contributed by atoms with E-state index in [0.29, 0.717) is 5.82 Å². The number of aryl methyl sites for hydroxylation is 1. The Morgan fingerprint density at radius 3 is 2.55 bits per heavy atom. The van der Waals surface area contributed by atoms with Crippen molar-refractivity contribution in [3.05, 3.63) is 59.9 Å². The van der Waals surface area contributed by atoms with E-state index in [1.165, 1.54) is 0 Å². The summed E-state index contributed by atoms with van der Waals surface area (Å²) in [7, 11) is 1.63. The van der Waals surface area contributed by atoms with Crippen LogP contribution in [0.25, 0.3) is 11.0 Å². The molecule has 1 atom stereocenters. The van der Waals surface area contributed by atoms with E-state index in [-0.39, 0.29) is 0 Å². The topological polar surface area (TPSA) is 47.3 Å². The van der Waals surface area contributed by atoms with E-state index in [9.17, 15) is 5.11 Å². The average molecular weight is 296 g/mol. The maximum atomic E-state index is 10.7. The third-order valence-electron chi connectivity index (χ3n) is 3.81. The van der Waals surface area contributed by atoms with Crippen LogP contribution < -0.4 is 4.74 Å². The Labute approximate surface area is 130 Å². The monoisotopic (exact) mass is 296 g/mol. The van der Waals surface area contributed by atoms with Crippen LogP contribution in [-0.4, -0.2) is 21.8 Å². The molecule has 0 fully saturated rings. The summed E-state index contributed by atoms with van der Waals surface area (Å²) in [6.45, 7) is 2.96. The molecule has 4 heteroatoms. The molecule has 3 rings (SSSR count). The molecule has 0 unspecified atom stereocenters. The van der Waals surface area contributed by atoms with Gasteiger partial charge in [-0.15, -0.1) is 0 Å². The van der Waals surface area contributed by atoms with E-state index in [4.69, 9.17) is 4.74 Å². The van der Waals surface area contributed by atoms with Gasteiger partial charge in [0.1, 0.15) is 17.7 Å². The molecule has 0 aliphatic rings. The second kappa shape index (κ2) is 6.20. The quantitative estimate of drug-likeness (QED) is 0.783. The zero-order valence-electron chi connectivity index (χ0n) is 12.9. The van der Waals surface area contributed by atoms with Gasteiger partial charge in [-0.05, 0) is 36.2 Å². The minimum atomic E-state index is -0.746. The molecule has 0 saturated heterocycles. The summed E-state index contributed by atoms with van der Waals surface area (Å²) in [5.41, 5.74) is 2.79. The Morgan fingerprint density at radius 1 is 1.14 bits per heavy atom. The number of aliphatic hydroxyl groups is 1. The summed E-state index contributed by atoms with van der Waals surface area (Å²) >= 11 is 0. The summed E-state index contributed by atoms with van der Waals surface area (Å²) in [4.78, 5) is 4.63. The molecule has 0 bridgehead atoms. The number of para-hydroxylation sites is 2. The van der Waals surface area contributed by atoms with Gasteiger partial charge in [-0.3, -0.25) is 0 Å². The first-order valence-electron chi connectivity index (χ1n) is 7.51. The van der Waals surface area contributed by atoms with Crippen LogP contribution in [-0.2, 0) is 6.54 Å². The maximum Gasteiger partial charge on any atom is 0.143 e. The minimum absolute atomic E-state index is 0.688. The molecule has 1 aromatic heterocycles. The summed E-state index contributed by atoms with van der Waals surface area (Å²) in [6.07, 6.45) is 0.243. The zero-order valence-corrected chi connectivity index (χ0v) is 12.9. The summed E-state index contributed by atoms with van der Waals surface area (Å²) in [5.74, 6) is 1.46. The van der Waals surface area contributed by atoms with Gasteiger partial charge in [0.2, 0.25) is 0 Å². The van der Waals surface area contributed by atoms with E-state index >= 15 is 0 Å². The predicted octanol–water partition coefficient (Wildman–Crippen LogP) is 3.54. The Balaban J connectivity index is 2.05. The molecule has 0 amide bonds. The molecule has 0 spiro atoms. The van der Waals surface area contributed by atoms with Crippen molar-refractivity contribution in [2.24, 2.45) is 0 Å². The SMILES string of the molecule is CCCn1c([C@@H](O)c2ccc(OC)cc2)nc2ccccc21. The number of aromatic nitrogens is 2. The molecule has 22 heavy (non-hydrogen) atoms. The lowest BCUT2D eigenvalue weighted by Crippen LogP contribution is -2.10. The van der Waals surface area contributed by atoms with E-state index in [1.54, 1.807) is 7.11 Å². The van der Waals surface area contributed by atoms with Crippen molar-refractivity contribution in [1.29, 1.82) is 0 Å². The van der Waals surface area contributed by atoms with Crippen LogP contribution in [0.1, 0.15) is 30.8 Å². The molecule has 0 aliphatic heterocycles. The molecule has 0 saturated carbocycles. The van der Waals surface area contributed by atoms with Gasteiger partial charge in [-0.1, -0.05) is 31.2 Å². The molecule has 1 N–H and O–H groups in total. The van der Waals surface area contributed by atoms with Gasteiger partial charge in [-0.25, -0.2) is 4.98 Å². The number of benzene rings is 2. The van der Waals surface area contributed by atoms with Crippen LogP contribution in [0.15, 0.2) is 48.5 Å². The van der Waals surface area contributed by atoms with Crippen molar-refractivity contribution in [2.45, 2.75) is 26.0 Å². The third-order valence-corrected chi connectivity index (χ3v) is 3.81. The number of aliphatic hydroxyl groups excluding tert-OH is 1. The highest BCUT2D eigenvalue weighted by molar-refractivity contribution is 5.76. The first-order valence-corrected chi connectivity index (χ1v) is 7.51. The number of methoxy groups -OCH3 is 1. The number of fused-ring (bicyclic) bond motifs is 1. The number of rotatable bonds is 5. The van der Waals surface area contributed by atoms with E-state index in [2.05, 4.69) is 16.5 Å². The number of imidazole rings is 1. The fraction of sp³-hybridized carbons (Fsp3) is 0.278. The second-order valence-electron chi connectivity index (χ2n) is 5.29. The van der Waals surface area contributed by atoms with E-state index < -0.39 is 6.10 Å². The second-order valence-corrected chi connectivity index (χ2v) is 5.29. The van der Waals surface area contributed by atoms with Gasteiger partial charge >= 0.3 is 0 Å². The molecule has 4 nitrogen and oxygen atoms in total. The lowest BCUT2D eigenvalue weighted by Gasteiger charge is -2.14. The summed E-state index contributed by atoms with van der Waals surface area (Å²) in [5, 5.41) is 10.7. The van der Waals surface area contributed by atoms with Gasteiger partial charge in [0.15, 0.2) is 0 Å². The number of ether oxygens (including phenoxy) is 1. The first-order chi connectivity index (χ1) is 10.7. The van der Waals surface area contributed by atoms with Crippen molar-refractivity contribution in [3.8, 4) is 5.75 Å². The fourth-order valence-electron chi connectivity index (χ4n) is 2.70. The highest BCUT2D eigenvalue weighted by Gasteiger charge is 2.19. The highest BCUT2D eigenvalue weighted by atomic mass is 16.5. The molecule has 1 heterocycles. The number of nitrogens with zero attached hydrogens (tertiary/aromatic N) is 2. The van der Waals surface area contributed by atoms with Crippen molar-refractivity contribution in [1.82, 2.24) is 9.55 Å². The average Bonchev–Trinajstić information content (AvgIpc) is 2.93. The molecule has 0 aliphatic carbocycles. The fourth-order valence-corrected chi connectivity index (χ4v) is 2.70. The van der Waals surface area contributed by atoms with Crippen molar-refractivity contribution < 1.29 is 9.84 Å². The number of hydrogen-bond donors (Lipinski definition) is 1. The third kappa shape index (κ3) is 2.57. The summed E-state index contributed by atoms with van der Waals surface area (Å²) < 4.78 is 7.26. The van der Waals surface area contributed by atoms with Gasteiger partial charge in [0.25, 0.3) is 0 Å². The molecule has 0 radical (unpaired) electrons. The maximum absolute atomic E-state index is 10.7. The Hall–Kier alpha value is -2.33. The van der Waals surface area contributed by atoms with E-state index in [1.807, 2.05) is 48.5 Å². The minimum Gasteiger partial charge on any atom is -0.497 e. The van der Waals surface area contributed by atoms with Crippen LogP contribution >= 0.6 is 0 Å². The van der Waals surface area contributed by atoms with Gasteiger partial charge in [0, 0.05) is 6.54 Å². The van der Waals surface area contributed by atoms with Crippen LogP contribution in [0, 0.1) is 0 Å². The van der Waals surface area contributed by atoms with E-state index in [0.717, 1.165) is 35.3 Å². The van der Waals surface area contributed by atoms with Crippen molar-refractivity contribution >= 4 is 11.0 Å². The summed E-state index contributed by atoms with van der Waals surface area (Å²) in [6, 6.07) is 15.4. The van der Waals surface area contributed by atoms with Crippen molar-refractivity contribution in [2.75, 3.05) is 7.11 Å². The van der Waals surface area contributed by atoms with Crippen molar-refractivity contribution in [3.63, 3.8) is 0 Å². The molecule has 3 aromatic rings. The lowest BCUT2D eigenvalue weighted by atomic mass is 10.1. The zero-order chi connectivity index (χ0) is 15.5. The van der Waals surface area contributed by atoms with Crippen LogP contribution in [0.4, 0.5) is 0 Å². The molecular weight excluding hydrogens is 276 g/mol. The van der Waals surface area contributed by atoms with Crippen LogP contribution in [0.5, 0.6) is 5.75 Å². The van der Waals surface area contributed by atoms with Gasteiger partial charge in [0.05, 0.1) is 18.1 Å². The Bertz CT molecular complexity index is 762. The molecular formula is C18H20N2O2. The predicted molar refractivity (Wildman–Crippen MR) is 87.1 cm³/mol. The first kappa shape index (κ1) is 14.6.